The number of amides is 1. The Hall–Kier alpha value is -2.69. The van der Waals surface area contributed by atoms with Crippen molar-refractivity contribution in [2.24, 2.45) is 0 Å². The first-order chi connectivity index (χ1) is 10.6. The molecule has 0 aromatic heterocycles. The Morgan fingerprint density at radius 1 is 1.09 bits per heavy atom. The number of carbonyl (C=O) groups is 1. The van der Waals surface area contributed by atoms with Crippen LogP contribution in [0.3, 0.4) is 0 Å². The molecule has 0 saturated carbocycles. The summed E-state index contributed by atoms with van der Waals surface area (Å²) in [4.78, 5) is 24.6. The van der Waals surface area contributed by atoms with Gasteiger partial charge in [0.25, 0.3) is 11.6 Å². The van der Waals surface area contributed by atoms with Gasteiger partial charge >= 0.3 is 0 Å². The highest BCUT2D eigenvalue weighted by atomic mass is 16.6. The number of benzene rings is 2. The van der Waals surface area contributed by atoms with Gasteiger partial charge in [-0.3, -0.25) is 14.9 Å². The minimum atomic E-state index is -0.472. The number of nitro groups is 1. The van der Waals surface area contributed by atoms with E-state index in [4.69, 9.17) is 0 Å². The molecule has 2 rings (SSSR count). The van der Waals surface area contributed by atoms with Crippen molar-refractivity contribution in [2.45, 2.75) is 19.8 Å². The summed E-state index contributed by atoms with van der Waals surface area (Å²) < 4.78 is 0. The third-order valence-electron chi connectivity index (χ3n) is 3.37. The molecule has 0 unspecified atom stereocenters. The van der Waals surface area contributed by atoms with E-state index < -0.39 is 4.92 Å². The molecule has 5 heteroatoms. The van der Waals surface area contributed by atoms with E-state index in [1.165, 1.54) is 24.3 Å². The van der Waals surface area contributed by atoms with Gasteiger partial charge in [0.05, 0.1) is 4.92 Å². The second-order valence-corrected chi connectivity index (χ2v) is 4.95. The van der Waals surface area contributed by atoms with Crippen LogP contribution in [0.2, 0.25) is 0 Å². The van der Waals surface area contributed by atoms with Crippen LogP contribution in [-0.4, -0.2) is 17.4 Å². The normalized spacial score (nSPS) is 10.2. The molecule has 0 atom stereocenters. The van der Waals surface area contributed by atoms with E-state index in [9.17, 15) is 14.9 Å². The van der Waals surface area contributed by atoms with E-state index in [0.29, 0.717) is 12.1 Å². The lowest BCUT2D eigenvalue weighted by Crippen LogP contribution is -2.31. The van der Waals surface area contributed by atoms with Crippen molar-refractivity contribution in [2.75, 3.05) is 11.4 Å². The molecule has 0 saturated heterocycles. The largest absolute Gasteiger partial charge is 0.308 e. The maximum absolute atomic E-state index is 12.7. The zero-order chi connectivity index (χ0) is 15.9. The summed E-state index contributed by atoms with van der Waals surface area (Å²) in [7, 11) is 0. The van der Waals surface area contributed by atoms with Crippen molar-refractivity contribution in [3.63, 3.8) is 0 Å². The van der Waals surface area contributed by atoms with Crippen LogP contribution in [0.15, 0.2) is 54.6 Å². The third-order valence-corrected chi connectivity index (χ3v) is 3.37. The number of non-ortho nitro benzene ring substituents is 1. The lowest BCUT2D eigenvalue weighted by molar-refractivity contribution is -0.384. The standard InChI is InChI=1S/C17H18N2O3/c1-2-3-13-18(15-7-5-4-6-8-15)17(20)14-9-11-16(12-10-14)19(21)22/h4-12H,2-3,13H2,1H3. The topological polar surface area (TPSA) is 63.5 Å². The van der Waals surface area contributed by atoms with Gasteiger partial charge in [-0.1, -0.05) is 31.5 Å². The molecule has 0 bridgehead atoms. The molecule has 1 amide bonds. The Kier molecular flexibility index (Phi) is 5.25. The number of rotatable bonds is 6. The molecule has 114 valence electrons. The van der Waals surface area contributed by atoms with Gasteiger partial charge in [-0.2, -0.15) is 0 Å². The van der Waals surface area contributed by atoms with Crippen LogP contribution in [0.25, 0.3) is 0 Å². The molecule has 22 heavy (non-hydrogen) atoms. The quantitative estimate of drug-likeness (QED) is 0.597. The van der Waals surface area contributed by atoms with E-state index in [0.717, 1.165) is 18.5 Å². The number of anilines is 1. The number of nitrogens with zero attached hydrogens (tertiary/aromatic N) is 2. The maximum atomic E-state index is 12.7. The lowest BCUT2D eigenvalue weighted by Gasteiger charge is -2.22. The SMILES string of the molecule is CCCCN(C(=O)c1ccc([N+](=O)[O-])cc1)c1ccccc1. The molecule has 2 aromatic carbocycles. The number of hydrogen-bond donors (Lipinski definition) is 0. The maximum Gasteiger partial charge on any atom is 0.269 e. The fourth-order valence-corrected chi connectivity index (χ4v) is 2.15. The van der Waals surface area contributed by atoms with Crippen LogP contribution in [0.4, 0.5) is 11.4 Å². The van der Waals surface area contributed by atoms with E-state index in [-0.39, 0.29) is 11.6 Å². The Labute approximate surface area is 129 Å². The molecule has 0 heterocycles. The van der Waals surface area contributed by atoms with Crippen LogP contribution in [0, 0.1) is 10.1 Å². The molecule has 0 N–H and O–H groups in total. The fourth-order valence-electron chi connectivity index (χ4n) is 2.15. The number of hydrogen-bond acceptors (Lipinski definition) is 3. The molecule has 0 fully saturated rings. The lowest BCUT2D eigenvalue weighted by atomic mass is 10.1. The van der Waals surface area contributed by atoms with E-state index >= 15 is 0 Å². The van der Waals surface area contributed by atoms with Gasteiger partial charge in [0.2, 0.25) is 0 Å². The summed E-state index contributed by atoms with van der Waals surface area (Å²) in [5, 5.41) is 10.7. The molecule has 0 radical (unpaired) electrons. The predicted octanol–water partition coefficient (Wildman–Crippen LogP) is 4.04. The van der Waals surface area contributed by atoms with Crippen molar-refractivity contribution in [3.8, 4) is 0 Å². The van der Waals surface area contributed by atoms with Crippen molar-refractivity contribution in [3.05, 3.63) is 70.3 Å². The van der Waals surface area contributed by atoms with E-state index in [1.54, 1.807) is 4.90 Å². The highest BCUT2D eigenvalue weighted by Crippen LogP contribution is 2.19. The fraction of sp³-hybridized carbons (Fsp3) is 0.235. The first-order valence-electron chi connectivity index (χ1n) is 7.25. The highest BCUT2D eigenvalue weighted by molar-refractivity contribution is 6.06. The Morgan fingerprint density at radius 3 is 2.27 bits per heavy atom. The molecule has 0 aliphatic rings. The van der Waals surface area contributed by atoms with Gasteiger partial charge in [0.15, 0.2) is 0 Å². The molecule has 0 aliphatic heterocycles. The van der Waals surface area contributed by atoms with Crippen molar-refractivity contribution in [1.82, 2.24) is 0 Å². The number of para-hydroxylation sites is 1. The summed E-state index contributed by atoms with van der Waals surface area (Å²) in [6, 6.07) is 15.2. The smallest absolute Gasteiger partial charge is 0.269 e. The average Bonchev–Trinajstić information content (AvgIpc) is 2.56. The van der Waals surface area contributed by atoms with Crippen molar-refractivity contribution in [1.29, 1.82) is 0 Å². The summed E-state index contributed by atoms with van der Waals surface area (Å²) in [6.07, 6.45) is 1.88. The Bertz CT molecular complexity index is 639. The molecule has 2 aromatic rings. The van der Waals surface area contributed by atoms with Crippen LogP contribution in [0.1, 0.15) is 30.1 Å². The molecular formula is C17H18N2O3. The second-order valence-electron chi connectivity index (χ2n) is 4.95. The van der Waals surface area contributed by atoms with Gasteiger partial charge < -0.3 is 4.90 Å². The monoisotopic (exact) mass is 298 g/mol. The van der Waals surface area contributed by atoms with Crippen molar-refractivity contribution < 1.29 is 9.72 Å². The van der Waals surface area contributed by atoms with Crippen LogP contribution < -0.4 is 4.90 Å². The first-order valence-corrected chi connectivity index (χ1v) is 7.25. The molecule has 5 nitrogen and oxygen atoms in total. The third kappa shape index (κ3) is 3.69. The highest BCUT2D eigenvalue weighted by Gasteiger charge is 2.18. The predicted molar refractivity (Wildman–Crippen MR) is 86.1 cm³/mol. The second kappa shape index (κ2) is 7.36. The average molecular weight is 298 g/mol. The van der Waals surface area contributed by atoms with Crippen LogP contribution >= 0.6 is 0 Å². The van der Waals surface area contributed by atoms with Crippen LogP contribution in [-0.2, 0) is 0 Å². The number of carbonyl (C=O) groups excluding carboxylic acids is 1. The van der Waals surface area contributed by atoms with Crippen LogP contribution in [0.5, 0.6) is 0 Å². The van der Waals surface area contributed by atoms with Gasteiger partial charge in [0, 0.05) is 29.9 Å². The Morgan fingerprint density at radius 2 is 1.73 bits per heavy atom. The summed E-state index contributed by atoms with van der Waals surface area (Å²) in [6.45, 7) is 2.69. The molecule has 0 spiro atoms. The Balaban J connectivity index is 2.26. The summed E-state index contributed by atoms with van der Waals surface area (Å²) in [5.41, 5.74) is 1.27. The zero-order valence-corrected chi connectivity index (χ0v) is 12.4. The van der Waals surface area contributed by atoms with E-state index in [1.807, 2.05) is 30.3 Å². The van der Waals surface area contributed by atoms with Gasteiger partial charge in [0.1, 0.15) is 0 Å². The summed E-state index contributed by atoms with van der Waals surface area (Å²) >= 11 is 0. The molecule has 0 aliphatic carbocycles. The van der Waals surface area contributed by atoms with Gasteiger partial charge in [-0.05, 0) is 30.7 Å². The minimum absolute atomic E-state index is 0.0173. The van der Waals surface area contributed by atoms with Crippen molar-refractivity contribution >= 4 is 17.3 Å². The number of unbranched alkanes of at least 4 members (excludes halogenated alkanes) is 1. The molecular weight excluding hydrogens is 280 g/mol. The minimum Gasteiger partial charge on any atom is -0.308 e. The number of nitro benzene ring substituents is 1. The zero-order valence-electron chi connectivity index (χ0n) is 12.4. The van der Waals surface area contributed by atoms with E-state index in [2.05, 4.69) is 6.92 Å². The van der Waals surface area contributed by atoms with Gasteiger partial charge in [-0.25, -0.2) is 0 Å². The first kappa shape index (κ1) is 15.7. The van der Waals surface area contributed by atoms with Gasteiger partial charge in [-0.15, -0.1) is 0 Å². The summed E-state index contributed by atoms with van der Waals surface area (Å²) in [5.74, 6) is -0.144.